The molecule has 0 N–H and O–H groups in total. The van der Waals surface area contributed by atoms with Gasteiger partial charge in [0.2, 0.25) is 0 Å². The molecule has 0 radical (unpaired) electrons. The number of para-hydroxylation sites is 2. The standard InChI is InChI=1S/C57H35N5O/c1-3-13-36(14-4-1)41-33-48(37-15-5-2-6-16-37)60-56(35-41)61-50-21-10-8-18-43(50)45-31-38(25-28-51(45)61)39-24-27-44-42-17-7-9-20-49(42)62(52(44)34-39)55-23-11-19-47(59-55)40-26-29-53-46(32-40)57-54(63-53)22-12-30-58-57/h1-35H. The Bertz CT molecular complexity index is 3860. The maximum atomic E-state index is 6.08. The first kappa shape index (κ1) is 35.2. The number of furan rings is 1. The molecule has 0 bridgehead atoms. The highest BCUT2D eigenvalue weighted by atomic mass is 16.3. The van der Waals surface area contributed by atoms with Crippen molar-refractivity contribution in [3.63, 3.8) is 0 Å². The Morgan fingerprint density at radius 2 is 0.952 bits per heavy atom. The minimum absolute atomic E-state index is 0.778. The molecule has 6 heteroatoms. The number of nitrogens with zero attached hydrogens (tertiary/aromatic N) is 5. The zero-order valence-corrected chi connectivity index (χ0v) is 33.9. The van der Waals surface area contributed by atoms with Crippen LogP contribution in [0.25, 0.3) is 122 Å². The summed E-state index contributed by atoms with van der Waals surface area (Å²) in [5.74, 6) is 1.73. The second-order valence-corrected chi connectivity index (χ2v) is 16.0. The first-order valence-corrected chi connectivity index (χ1v) is 21.2. The van der Waals surface area contributed by atoms with Crippen LogP contribution in [-0.2, 0) is 0 Å². The van der Waals surface area contributed by atoms with Gasteiger partial charge in [-0.2, -0.15) is 0 Å². The molecule has 13 aromatic rings. The Kier molecular flexibility index (Phi) is 7.80. The molecule has 0 atom stereocenters. The van der Waals surface area contributed by atoms with Gasteiger partial charge in [-0.15, -0.1) is 0 Å². The SMILES string of the molecule is c1ccc(-c2cc(-c3ccccc3)nc(-n3c4ccccc4c4cc(-c5ccc6c7ccccc7n(-c7cccc(-c8ccc9oc%10cccnc%10c9c8)n7)c6c5)ccc43)c2)cc1. The lowest BCUT2D eigenvalue weighted by molar-refractivity contribution is 0.668. The van der Waals surface area contributed by atoms with E-state index in [4.69, 9.17) is 14.4 Å². The van der Waals surface area contributed by atoms with Crippen LogP contribution in [0.4, 0.5) is 0 Å². The zero-order valence-electron chi connectivity index (χ0n) is 33.9. The fraction of sp³-hybridized carbons (Fsp3) is 0. The fourth-order valence-electron chi connectivity index (χ4n) is 9.45. The molecular formula is C57H35N5O. The predicted octanol–water partition coefficient (Wildman–Crippen LogP) is 14.6. The van der Waals surface area contributed by atoms with Crippen molar-refractivity contribution in [2.24, 2.45) is 0 Å². The monoisotopic (exact) mass is 805 g/mol. The van der Waals surface area contributed by atoms with Crippen LogP contribution < -0.4 is 0 Å². The van der Waals surface area contributed by atoms with Crippen molar-refractivity contribution in [1.29, 1.82) is 0 Å². The second kappa shape index (κ2) is 14.0. The summed E-state index contributed by atoms with van der Waals surface area (Å²) >= 11 is 0. The van der Waals surface area contributed by atoms with E-state index in [1.807, 2.05) is 24.3 Å². The number of pyridine rings is 3. The Labute approximate surface area is 361 Å². The highest BCUT2D eigenvalue weighted by molar-refractivity contribution is 6.12. The molecule has 6 heterocycles. The van der Waals surface area contributed by atoms with E-state index in [0.29, 0.717) is 0 Å². The van der Waals surface area contributed by atoms with E-state index in [-0.39, 0.29) is 0 Å². The van der Waals surface area contributed by atoms with Gasteiger partial charge < -0.3 is 4.42 Å². The van der Waals surface area contributed by atoms with Gasteiger partial charge in [-0.1, -0.05) is 121 Å². The van der Waals surface area contributed by atoms with Crippen LogP contribution in [-0.4, -0.2) is 24.1 Å². The van der Waals surface area contributed by atoms with Crippen molar-refractivity contribution >= 4 is 65.7 Å². The molecule has 0 spiro atoms. The minimum atomic E-state index is 0.778. The lowest BCUT2D eigenvalue weighted by atomic mass is 10.0. The van der Waals surface area contributed by atoms with Crippen LogP contribution in [0, 0.1) is 0 Å². The maximum absolute atomic E-state index is 6.08. The van der Waals surface area contributed by atoms with Crippen molar-refractivity contribution < 1.29 is 4.42 Å². The lowest BCUT2D eigenvalue weighted by Gasteiger charge is -2.13. The Morgan fingerprint density at radius 1 is 0.317 bits per heavy atom. The molecule has 7 aromatic carbocycles. The van der Waals surface area contributed by atoms with Crippen molar-refractivity contribution in [3.8, 4) is 56.4 Å². The van der Waals surface area contributed by atoms with Crippen LogP contribution in [0.3, 0.4) is 0 Å². The second-order valence-electron chi connectivity index (χ2n) is 16.0. The van der Waals surface area contributed by atoms with Gasteiger partial charge >= 0.3 is 0 Å². The molecule has 0 aliphatic rings. The smallest absolute Gasteiger partial charge is 0.153 e. The van der Waals surface area contributed by atoms with E-state index >= 15 is 0 Å². The molecule has 6 nitrogen and oxygen atoms in total. The van der Waals surface area contributed by atoms with Gasteiger partial charge in [-0.3, -0.25) is 14.1 Å². The molecule has 13 rings (SSSR count). The summed E-state index contributed by atoms with van der Waals surface area (Å²) in [6.45, 7) is 0. The molecule has 0 saturated carbocycles. The molecule has 63 heavy (non-hydrogen) atoms. The van der Waals surface area contributed by atoms with E-state index in [1.54, 1.807) is 6.20 Å². The molecule has 0 amide bonds. The summed E-state index contributed by atoms with van der Waals surface area (Å²) in [5.41, 5.74) is 15.3. The Balaban J connectivity index is 0.961. The zero-order chi connectivity index (χ0) is 41.4. The van der Waals surface area contributed by atoms with Crippen molar-refractivity contribution in [1.82, 2.24) is 24.1 Å². The quantitative estimate of drug-likeness (QED) is 0.168. The van der Waals surface area contributed by atoms with Crippen LogP contribution >= 0.6 is 0 Å². The van der Waals surface area contributed by atoms with Gasteiger partial charge in [0.1, 0.15) is 22.7 Å². The van der Waals surface area contributed by atoms with Gasteiger partial charge in [0.15, 0.2) is 5.58 Å². The lowest BCUT2D eigenvalue weighted by Crippen LogP contribution is -2.00. The normalized spacial score (nSPS) is 11.8. The summed E-state index contributed by atoms with van der Waals surface area (Å²) in [4.78, 5) is 15.3. The third-order valence-electron chi connectivity index (χ3n) is 12.4. The highest BCUT2D eigenvalue weighted by Crippen LogP contribution is 2.39. The Morgan fingerprint density at radius 3 is 1.78 bits per heavy atom. The minimum Gasteiger partial charge on any atom is -0.454 e. The van der Waals surface area contributed by atoms with Crippen LogP contribution in [0.15, 0.2) is 217 Å². The fourth-order valence-corrected chi connectivity index (χ4v) is 9.45. The summed E-state index contributed by atoms with van der Waals surface area (Å²) < 4.78 is 10.7. The third kappa shape index (κ3) is 5.69. The van der Waals surface area contributed by atoms with Gasteiger partial charge in [0.25, 0.3) is 0 Å². The molecule has 0 aliphatic heterocycles. The molecule has 0 unspecified atom stereocenters. The molecule has 0 fully saturated rings. The van der Waals surface area contributed by atoms with Crippen molar-refractivity contribution in [2.45, 2.75) is 0 Å². The molecule has 0 aliphatic carbocycles. The van der Waals surface area contributed by atoms with E-state index in [2.05, 4.69) is 196 Å². The van der Waals surface area contributed by atoms with E-state index in [9.17, 15) is 0 Å². The number of rotatable bonds is 6. The van der Waals surface area contributed by atoms with Crippen molar-refractivity contribution in [3.05, 3.63) is 212 Å². The average molecular weight is 806 g/mol. The van der Waals surface area contributed by atoms with Gasteiger partial charge in [-0.05, 0) is 107 Å². The molecule has 0 saturated heterocycles. The van der Waals surface area contributed by atoms with E-state index < -0.39 is 0 Å². The Hall–Kier alpha value is -8.61. The number of aromatic nitrogens is 5. The first-order chi connectivity index (χ1) is 31.2. The largest absolute Gasteiger partial charge is 0.454 e. The maximum Gasteiger partial charge on any atom is 0.153 e. The van der Waals surface area contributed by atoms with Crippen molar-refractivity contribution in [2.75, 3.05) is 0 Å². The third-order valence-corrected chi connectivity index (χ3v) is 12.4. The van der Waals surface area contributed by atoms with Crippen LogP contribution in [0.5, 0.6) is 0 Å². The topological polar surface area (TPSA) is 61.7 Å². The van der Waals surface area contributed by atoms with Gasteiger partial charge in [0.05, 0.1) is 33.5 Å². The van der Waals surface area contributed by atoms with Crippen LogP contribution in [0.1, 0.15) is 0 Å². The number of fused-ring (bicyclic) bond motifs is 9. The number of hydrogen-bond donors (Lipinski definition) is 0. The summed E-state index contributed by atoms with van der Waals surface area (Å²) in [5, 5.41) is 5.68. The summed E-state index contributed by atoms with van der Waals surface area (Å²) in [6, 6.07) is 72.7. The van der Waals surface area contributed by atoms with Gasteiger partial charge in [0, 0.05) is 44.3 Å². The summed E-state index contributed by atoms with van der Waals surface area (Å²) in [7, 11) is 0. The average Bonchev–Trinajstić information content (AvgIpc) is 4.01. The molecular weight excluding hydrogens is 771 g/mol. The predicted molar refractivity (Wildman–Crippen MR) is 258 cm³/mol. The summed E-state index contributed by atoms with van der Waals surface area (Å²) in [6.07, 6.45) is 1.81. The van der Waals surface area contributed by atoms with Gasteiger partial charge in [-0.25, -0.2) is 9.97 Å². The van der Waals surface area contributed by atoms with E-state index in [1.165, 1.54) is 21.5 Å². The molecule has 294 valence electrons. The first-order valence-electron chi connectivity index (χ1n) is 21.2. The highest BCUT2D eigenvalue weighted by Gasteiger charge is 2.19. The van der Waals surface area contributed by atoms with Crippen LogP contribution in [0.2, 0.25) is 0 Å². The van der Waals surface area contributed by atoms with E-state index in [0.717, 1.165) is 101 Å². The number of benzene rings is 7. The molecule has 6 aromatic heterocycles. The number of hydrogen-bond acceptors (Lipinski definition) is 4.